The molecule has 1 amide bonds. The molecule has 1 aromatic carbocycles. The van der Waals surface area contributed by atoms with Crippen molar-refractivity contribution >= 4 is 17.6 Å². The first-order valence-electron chi connectivity index (χ1n) is 8.76. The van der Waals surface area contributed by atoms with Crippen LogP contribution in [0.25, 0.3) is 0 Å². The molecule has 1 aliphatic heterocycles. The van der Waals surface area contributed by atoms with E-state index in [2.05, 4.69) is 0 Å². The molecule has 6 nitrogen and oxygen atoms in total. The van der Waals surface area contributed by atoms with Crippen molar-refractivity contribution in [3.05, 3.63) is 30.3 Å². The van der Waals surface area contributed by atoms with E-state index < -0.39 is 12.1 Å². The Morgan fingerprint density at radius 1 is 1.24 bits per heavy atom. The molecule has 138 valence electrons. The van der Waals surface area contributed by atoms with Gasteiger partial charge < -0.3 is 19.1 Å². The van der Waals surface area contributed by atoms with Gasteiger partial charge in [0.2, 0.25) is 0 Å². The van der Waals surface area contributed by atoms with Crippen LogP contribution in [0.2, 0.25) is 0 Å². The molecule has 2 rings (SSSR count). The van der Waals surface area contributed by atoms with Gasteiger partial charge in [-0.15, -0.1) is 0 Å². The Morgan fingerprint density at radius 3 is 2.56 bits per heavy atom. The Labute approximate surface area is 149 Å². The molecule has 1 aromatic rings. The van der Waals surface area contributed by atoms with E-state index >= 15 is 0 Å². The van der Waals surface area contributed by atoms with Crippen LogP contribution in [0.1, 0.15) is 33.6 Å². The zero-order chi connectivity index (χ0) is 18.2. The van der Waals surface area contributed by atoms with E-state index in [1.807, 2.05) is 44.2 Å². The maximum Gasteiger partial charge on any atom is 0.335 e. The molecule has 1 fully saturated rings. The minimum atomic E-state index is -0.721. The van der Waals surface area contributed by atoms with Gasteiger partial charge in [-0.3, -0.25) is 4.79 Å². The zero-order valence-corrected chi connectivity index (χ0v) is 15.1. The van der Waals surface area contributed by atoms with Gasteiger partial charge in [-0.25, -0.2) is 4.79 Å². The molecular weight excluding hydrogens is 322 g/mol. The molecule has 1 saturated heterocycles. The van der Waals surface area contributed by atoms with Gasteiger partial charge in [0.15, 0.2) is 12.7 Å². The summed E-state index contributed by atoms with van der Waals surface area (Å²) >= 11 is 0. The van der Waals surface area contributed by atoms with Crippen LogP contribution in [0.5, 0.6) is 0 Å². The van der Waals surface area contributed by atoms with Crippen molar-refractivity contribution in [3.8, 4) is 0 Å². The minimum Gasteiger partial charge on any atom is -0.454 e. The number of hydrogen-bond donors (Lipinski definition) is 0. The van der Waals surface area contributed by atoms with Crippen molar-refractivity contribution in [2.75, 3.05) is 24.7 Å². The first-order chi connectivity index (χ1) is 12.0. The lowest BCUT2D eigenvalue weighted by Gasteiger charge is -2.27. The van der Waals surface area contributed by atoms with E-state index in [1.54, 1.807) is 11.8 Å². The third kappa shape index (κ3) is 5.83. The van der Waals surface area contributed by atoms with E-state index in [1.165, 1.54) is 0 Å². The molecule has 1 aliphatic rings. The summed E-state index contributed by atoms with van der Waals surface area (Å²) < 4.78 is 16.1. The van der Waals surface area contributed by atoms with E-state index in [4.69, 9.17) is 14.2 Å². The summed E-state index contributed by atoms with van der Waals surface area (Å²) in [4.78, 5) is 26.1. The van der Waals surface area contributed by atoms with Gasteiger partial charge >= 0.3 is 5.97 Å². The lowest BCUT2D eigenvalue weighted by Crippen LogP contribution is -2.40. The summed E-state index contributed by atoms with van der Waals surface area (Å²) in [5.74, 6) is -0.802. The number of anilines is 1. The van der Waals surface area contributed by atoms with E-state index in [9.17, 15) is 9.59 Å². The fourth-order valence-corrected chi connectivity index (χ4v) is 2.73. The number of nitrogens with zero attached hydrogens (tertiary/aromatic N) is 1. The third-order valence-electron chi connectivity index (χ3n) is 4.05. The highest BCUT2D eigenvalue weighted by atomic mass is 16.6. The smallest absolute Gasteiger partial charge is 0.335 e. The van der Waals surface area contributed by atoms with Crippen molar-refractivity contribution in [1.82, 2.24) is 0 Å². The van der Waals surface area contributed by atoms with E-state index in [0.717, 1.165) is 25.1 Å². The highest BCUT2D eigenvalue weighted by Gasteiger charge is 2.24. The molecule has 2 atom stereocenters. The highest BCUT2D eigenvalue weighted by molar-refractivity contribution is 5.95. The lowest BCUT2D eigenvalue weighted by atomic mass is 10.2. The van der Waals surface area contributed by atoms with Crippen molar-refractivity contribution in [1.29, 1.82) is 0 Å². The maximum absolute atomic E-state index is 12.5. The molecule has 0 bridgehead atoms. The van der Waals surface area contributed by atoms with Crippen LogP contribution in [0.3, 0.4) is 0 Å². The number of para-hydroxylation sites is 1. The molecule has 0 saturated carbocycles. The molecule has 25 heavy (non-hydrogen) atoms. The Kier molecular flexibility index (Phi) is 7.40. The summed E-state index contributed by atoms with van der Waals surface area (Å²) in [6.45, 7) is 6.26. The Balaban J connectivity index is 1.81. The van der Waals surface area contributed by atoms with Gasteiger partial charge in [-0.2, -0.15) is 0 Å². The summed E-state index contributed by atoms with van der Waals surface area (Å²) in [6.07, 6.45) is 1.29. The number of rotatable bonds is 8. The highest BCUT2D eigenvalue weighted by Crippen LogP contribution is 2.17. The molecule has 1 heterocycles. The fraction of sp³-hybridized carbons (Fsp3) is 0.579. The average molecular weight is 349 g/mol. The van der Waals surface area contributed by atoms with Crippen molar-refractivity contribution in [3.63, 3.8) is 0 Å². The van der Waals surface area contributed by atoms with Crippen LogP contribution < -0.4 is 4.90 Å². The number of ether oxygens (including phenoxy) is 3. The van der Waals surface area contributed by atoms with Crippen LogP contribution in [-0.2, 0) is 23.8 Å². The SMILES string of the molecule is CC(OCC1CCCO1)C(=O)OCC(=O)N(c1ccccc1)C(C)C. The first-order valence-corrected chi connectivity index (χ1v) is 8.76. The summed E-state index contributed by atoms with van der Waals surface area (Å²) in [7, 11) is 0. The van der Waals surface area contributed by atoms with E-state index in [-0.39, 0.29) is 24.7 Å². The quantitative estimate of drug-likeness (QED) is 0.675. The normalized spacial score (nSPS) is 18.2. The summed E-state index contributed by atoms with van der Waals surface area (Å²) in [5.41, 5.74) is 0.779. The minimum absolute atomic E-state index is 0.0400. The van der Waals surface area contributed by atoms with Gasteiger partial charge in [-0.05, 0) is 45.7 Å². The number of amides is 1. The lowest BCUT2D eigenvalue weighted by molar-refractivity contribution is -0.160. The molecular formula is C19H27NO5. The second kappa shape index (κ2) is 9.53. The molecule has 0 aromatic heterocycles. The number of carbonyl (C=O) groups is 2. The van der Waals surface area contributed by atoms with Gasteiger partial charge in [0, 0.05) is 18.3 Å². The molecule has 0 N–H and O–H groups in total. The first kappa shape index (κ1) is 19.4. The largest absolute Gasteiger partial charge is 0.454 e. The molecule has 2 unspecified atom stereocenters. The van der Waals surface area contributed by atoms with Crippen LogP contribution in [0, 0.1) is 0 Å². The van der Waals surface area contributed by atoms with Gasteiger partial charge in [0.1, 0.15) is 0 Å². The maximum atomic E-state index is 12.5. The summed E-state index contributed by atoms with van der Waals surface area (Å²) in [6, 6.07) is 9.29. The van der Waals surface area contributed by atoms with Gasteiger partial charge in [0.05, 0.1) is 12.7 Å². The molecule has 0 spiro atoms. The van der Waals surface area contributed by atoms with Crippen LogP contribution >= 0.6 is 0 Å². The van der Waals surface area contributed by atoms with Crippen molar-refractivity contribution < 1.29 is 23.8 Å². The Morgan fingerprint density at radius 2 is 1.96 bits per heavy atom. The monoisotopic (exact) mass is 349 g/mol. The number of benzene rings is 1. The Hall–Kier alpha value is -1.92. The van der Waals surface area contributed by atoms with Crippen LogP contribution in [-0.4, -0.2) is 49.9 Å². The third-order valence-corrected chi connectivity index (χ3v) is 4.05. The van der Waals surface area contributed by atoms with Crippen LogP contribution in [0.15, 0.2) is 30.3 Å². The number of hydrogen-bond acceptors (Lipinski definition) is 5. The molecule has 0 aliphatic carbocycles. The average Bonchev–Trinajstić information content (AvgIpc) is 3.11. The van der Waals surface area contributed by atoms with E-state index in [0.29, 0.717) is 6.61 Å². The van der Waals surface area contributed by atoms with Crippen LogP contribution in [0.4, 0.5) is 5.69 Å². The molecule has 6 heteroatoms. The summed E-state index contributed by atoms with van der Waals surface area (Å²) in [5, 5.41) is 0. The topological polar surface area (TPSA) is 65.1 Å². The van der Waals surface area contributed by atoms with Gasteiger partial charge in [0.25, 0.3) is 5.91 Å². The second-order valence-electron chi connectivity index (χ2n) is 6.41. The predicted molar refractivity (Wildman–Crippen MR) is 94.4 cm³/mol. The zero-order valence-electron chi connectivity index (χ0n) is 15.1. The predicted octanol–water partition coefficient (Wildman–Crippen LogP) is 2.56. The standard InChI is InChI=1S/C19H27NO5/c1-14(2)20(16-8-5-4-6-9-16)18(21)13-25-19(22)15(3)24-12-17-10-7-11-23-17/h4-6,8-9,14-15,17H,7,10-13H2,1-3H3. The second-order valence-corrected chi connectivity index (χ2v) is 6.41. The fourth-order valence-electron chi connectivity index (χ4n) is 2.73. The Bertz CT molecular complexity index is 554. The number of carbonyl (C=O) groups excluding carboxylic acids is 2. The molecule has 0 radical (unpaired) electrons. The van der Waals surface area contributed by atoms with Gasteiger partial charge in [-0.1, -0.05) is 18.2 Å². The van der Waals surface area contributed by atoms with Crippen molar-refractivity contribution in [2.24, 2.45) is 0 Å². The van der Waals surface area contributed by atoms with Crippen molar-refractivity contribution in [2.45, 2.75) is 51.9 Å². The number of esters is 1.